The number of aromatic nitrogens is 1. The topological polar surface area (TPSA) is 67.6 Å². The summed E-state index contributed by atoms with van der Waals surface area (Å²) in [5.74, 6) is 0.645. The van der Waals surface area contributed by atoms with Crippen LogP contribution in [0.2, 0.25) is 0 Å². The fraction of sp³-hybridized carbons (Fsp3) is 0.385. The van der Waals surface area contributed by atoms with Crippen LogP contribution in [0.1, 0.15) is 0 Å². The van der Waals surface area contributed by atoms with Gasteiger partial charge in [-0.05, 0) is 12.1 Å². The van der Waals surface area contributed by atoms with Crippen LogP contribution in [0.5, 0.6) is 5.75 Å². The van der Waals surface area contributed by atoms with Gasteiger partial charge in [0.15, 0.2) is 18.6 Å². The number of ether oxygens (including phenoxy) is 1. The first-order chi connectivity index (χ1) is 9.33. The van der Waals surface area contributed by atoms with Gasteiger partial charge < -0.3 is 19.4 Å². The van der Waals surface area contributed by atoms with Crippen molar-refractivity contribution in [3.05, 3.63) is 24.6 Å². The van der Waals surface area contributed by atoms with Crippen molar-refractivity contribution in [3.63, 3.8) is 0 Å². The number of nitrogens with one attached hydrogen (secondary N) is 1. The predicted molar refractivity (Wildman–Crippen MR) is 69.0 cm³/mol. The van der Waals surface area contributed by atoms with E-state index in [-0.39, 0.29) is 12.5 Å². The molecular weight excluding hydrogens is 246 g/mol. The lowest BCUT2D eigenvalue weighted by Gasteiger charge is -2.27. The van der Waals surface area contributed by atoms with Crippen LogP contribution in [0.3, 0.4) is 0 Å². The van der Waals surface area contributed by atoms with Gasteiger partial charge in [0, 0.05) is 32.2 Å². The Morgan fingerprint density at radius 2 is 2.26 bits per heavy atom. The van der Waals surface area contributed by atoms with Crippen molar-refractivity contribution in [2.75, 3.05) is 32.8 Å². The van der Waals surface area contributed by atoms with Gasteiger partial charge in [0.1, 0.15) is 11.3 Å². The molecule has 1 aliphatic heterocycles. The van der Waals surface area contributed by atoms with Gasteiger partial charge >= 0.3 is 0 Å². The van der Waals surface area contributed by atoms with Crippen LogP contribution < -0.4 is 10.1 Å². The lowest BCUT2D eigenvalue weighted by Crippen LogP contribution is -2.47. The summed E-state index contributed by atoms with van der Waals surface area (Å²) in [6, 6.07) is 5.33. The molecule has 100 valence electrons. The highest BCUT2D eigenvalue weighted by atomic mass is 16.5. The predicted octanol–water partition coefficient (Wildman–Crippen LogP) is 0.638. The molecule has 0 unspecified atom stereocenters. The zero-order valence-corrected chi connectivity index (χ0v) is 10.5. The number of piperazine rings is 1. The Morgan fingerprint density at radius 1 is 1.42 bits per heavy atom. The van der Waals surface area contributed by atoms with Gasteiger partial charge in [-0.1, -0.05) is 0 Å². The number of hydrogen-bond donors (Lipinski definition) is 1. The monoisotopic (exact) mass is 261 g/mol. The SMILES string of the molecule is O=C(COc1ccc2ocnc2c1)N1CCNCC1. The van der Waals surface area contributed by atoms with E-state index in [1.807, 2.05) is 4.90 Å². The van der Waals surface area contributed by atoms with E-state index in [2.05, 4.69) is 10.3 Å². The summed E-state index contributed by atoms with van der Waals surface area (Å²) in [5, 5.41) is 3.21. The second-order valence-corrected chi connectivity index (χ2v) is 4.40. The zero-order chi connectivity index (χ0) is 13.1. The molecule has 0 saturated carbocycles. The van der Waals surface area contributed by atoms with Crippen LogP contribution in [0.25, 0.3) is 11.1 Å². The molecule has 6 heteroatoms. The van der Waals surface area contributed by atoms with Gasteiger partial charge in [0.25, 0.3) is 5.91 Å². The number of carbonyl (C=O) groups is 1. The maximum atomic E-state index is 11.9. The lowest BCUT2D eigenvalue weighted by atomic mass is 10.3. The smallest absolute Gasteiger partial charge is 0.260 e. The summed E-state index contributed by atoms with van der Waals surface area (Å²) in [4.78, 5) is 17.8. The largest absolute Gasteiger partial charge is 0.484 e. The minimum absolute atomic E-state index is 0.0155. The first-order valence-corrected chi connectivity index (χ1v) is 6.27. The molecule has 1 aliphatic rings. The summed E-state index contributed by atoms with van der Waals surface area (Å²) in [7, 11) is 0. The summed E-state index contributed by atoms with van der Waals surface area (Å²) in [5.41, 5.74) is 1.44. The third-order valence-corrected chi connectivity index (χ3v) is 3.13. The maximum absolute atomic E-state index is 11.9. The van der Waals surface area contributed by atoms with Crippen molar-refractivity contribution in [1.82, 2.24) is 15.2 Å². The molecule has 2 heterocycles. The van der Waals surface area contributed by atoms with E-state index in [0.29, 0.717) is 11.3 Å². The zero-order valence-electron chi connectivity index (χ0n) is 10.5. The number of nitrogens with zero attached hydrogens (tertiary/aromatic N) is 2. The molecule has 1 fully saturated rings. The molecule has 1 saturated heterocycles. The van der Waals surface area contributed by atoms with Crippen LogP contribution in [0, 0.1) is 0 Å². The van der Waals surface area contributed by atoms with Crippen molar-refractivity contribution in [2.45, 2.75) is 0 Å². The van der Waals surface area contributed by atoms with Crippen LogP contribution in [-0.4, -0.2) is 48.6 Å². The molecule has 0 aliphatic carbocycles. The van der Waals surface area contributed by atoms with Crippen LogP contribution in [0.4, 0.5) is 0 Å². The van der Waals surface area contributed by atoms with Crippen molar-refractivity contribution >= 4 is 17.0 Å². The minimum Gasteiger partial charge on any atom is -0.484 e. The molecule has 19 heavy (non-hydrogen) atoms. The van der Waals surface area contributed by atoms with Crippen molar-refractivity contribution in [3.8, 4) is 5.75 Å². The second-order valence-electron chi connectivity index (χ2n) is 4.40. The number of oxazole rings is 1. The number of rotatable bonds is 3. The Labute approximate surface area is 110 Å². The summed E-state index contributed by atoms with van der Waals surface area (Å²) < 4.78 is 10.7. The van der Waals surface area contributed by atoms with Gasteiger partial charge in [-0.2, -0.15) is 0 Å². The van der Waals surface area contributed by atoms with E-state index in [1.165, 1.54) is 6.39 Å². The fourth-order valence-corrected chi connectivity index (χ4v) is 2.08. The number of fused-ring (bicyclic) bond motifs is 1. The molecule has 1 amide bonds. The number of benzene rings is 1. The van der Waals surface area contributed by atoms with E-state index < -0.39 is 0 Å². The van der Waals surface area contributed by atoms with Gasteiger partial charge in [0.05, 0.1) is 0 Å². The van der Waals surface area contributed by atoms with E-state index in [1.54, 1.807) is 18.2 Å². The second kappa shape index (κ2) is 5.27. The Hall–Kier alpha value is -2.08. The summed E-state index contributed by atoms with van der Waals surface area (Å²) >= 11 is 0. The van der Waals surface area contributed by atoms with Crippen molar-refractivity contribution < 1.29 is 13.9 Å². The Bertz CT molecular complexity index is 575. The first-order valence-electron chi connectivity index (χ1n) is 6.27. The standard InChI is InChI=1S/C13H15N3O3/c17-13(16-5-3-14-4-6-16)8-18-10-1-2-12-11(7-10)15-9-19-12/h1-2,7,9,14H,3-6,8H2. The fourth-order valence-electron chi connectivity index (χ4n) is 2.08. The highest BCUT2D eigenvalue weighted by molar-refractivity contribution is 5.78. The summed E-state index contributed by atoms with van der Waals surface area (Å²) in [6.07, 6.45) is 1.39. The van der Waals surface area contributed by atoms with Gasteiger partial charge in [-0.3, -0.25) is 4.79 Å². The molecule has 2 aromatic rings. The van der Waals surface area contributed by atoms with Crippen LogP contribution in [-0.2, 0) is 4.79 Å². The minimum atomic E-state index is 0.0155. The molecule has 0 spiro atoms. The molecule has 1 aromatic carbocycles. The Kier molecular flexibility index (Phi) is 3.33. The van der Waals surface area contributed by atoms with Crippen LogP contribution in [0.15, 0.2) is 29.0 Å². The van der Waals surface area contributed by atoms with Crippen molar-refractivity contribution in [2.24, 2.45) is 0 Å². The van der Waals surface area contributed by atoms with E-state index in [4.69, 9.17) is 9.15 Å². The highest BCUT2D eigenvalue weighted by Crippen LogP contribution is 2.19. The molecule has 6 nitrogen and oxygen atoms in total. The Balaban J connectivity index is 1.60. The van der Waals surface area contributed by atoms with Crippen LogP contribution >= 0.6 is 0 Å². The van der Waals surface area contributed by atoms with Crippen molar-refractivity contribution in [1.29, 1.82) is 0 Å². The normalized spacial score (nSPS) is 15.7. The van der Waals surface area contributed by atoms with E-state index in [9.17, 15) is 4.79 Å². The van der Waals surface area contributed by atoms with Gasteiger partial charge in [0.2, 0.25) is 0 Å². The highest BCUT2D eigenvalue weighted by Gasteiger charge is 2.16. The average Bonchev–Trinajstić information content (AvgIpc) is 2.93. The lowest BCUT2D eigenvalue weighted by molar-refractivity contribution is -0.133. The van der Waals surface area contributed by atoms with E-state index >= 15 is 0 Å². The molecule has 3 rings (SSSR count). The molecule has 0 atom stereocenters. The first kappa shape index (κ1) is 12.0. The quantitative estimate of drug-likeness (QED) is 0.878. The average molecular weight is 261 g/mol. The van der Waals surface area contributed by atoms with Gasteiger partial charge in [-0.15, -0.1) is 0 Å². The third-order valence-electron chi connectivity index (χ3n) is 3.13. The Morgan fingerprint density at radius 3 is 3.11 bits per heavy atom. The van der Waals surface area contributed by atoms with Gasteiger partial charge in [-0.25, -0.2) is 4.98 Å². The molecule has 0 bridgehead atoms. The number of amides is 1. The summed E-state index contributed by atoms with van der Waals surface area (Å²) in [6.45, 7) is 3.23. The molecular formula is C13H15N3O3. The number of hydrogen-bond acceptors (Lipinski definition) is 5. The molecule has 1 N–H and O–H groups in total. The molecule has 1 aromatic heterocycles. The molecule has 0 radical (unpaired) electrons. The maximum Gasteiger partial charge on any atom is 0.260 e. The van der Waals surface area contributed by atoms with E-state index in [0.717, 1.165) is 31.7 Å². The third kappa shape index (κ3) is 2.68. The number of carbonyl (C=O) groups excluding carboxylic acids is 1.